The van der Waals surface area contributed by atoms with Gasteiger partial charge in [0.15, 0.2) is 12.3 Å². The first kappa shape index (κ1) is 23.1. The Labute approximate surface area is 185 Å². The highest BCUT2D eigenvalue weighted by Crippen LogP contribution is 2.22. The zero-order valence-corrected chi connectivity index (χ0v) is 18.7. The van der Waals surface area contributed by atoms with Crippen LogP contribution in [0.15, 0.2) is 59.6 Å². The molecule has 1 aromatic heterocycles. The molecule has 0 unspecified atom stereocenters. The van der Waals surface area contributed by atoms with Crippen LogP contribution in [0, 0.1) is 6.92 Å². The SMILES string of the molecule is Cc1ccc(NC(=O)COC(=O)c2cn(Cc3ccccc3)nn2)cc1S(=O)(=O)N(C)C. The van der Waals surface area contributed by atoms with Gasteiger partial charge in [0.05, 0.1) is 17.6 Å². The van der Waals surface area contributed by atoms with Crippen LogP contribution in [0.25, 0.3) is 0 Å². The minimum absolute atomic E-state index is 0.0246. The summed E-state index contributed by atoms with van der Waals surface area (Å²) in [6.07, 6.45) is 1.44. The number of nitrogens with zero attached hydrogens (tertiary/aromatic N) is 4. The molecule has 0 aliphatic rings. The zero-order valence-electron chi connectivity index (χ0n) is 17.8. The molecule has 0 aliphatic heterocycles. The van der Waals surface area contributed by atoms with E-state index in [1.807, 2.05) is 30.3 Å². The van der Waals surface area contributed by atoms with Crippen LogP contribution < -0.4 is 5.32 Å². The summed E-state index contributed by atoms with van der Waals surface area (Å²) in [6.45, 7) is 1.54. The smallest absolute Gasteiger partial charge is 0.361 e. The van der Waals surface area contributed by atoms with Gasteiger partial charge < -0.3 is 10.1 Å². The minimum atomic E-state index is -3.67. The predicted molar refractivity (Wildman–Crippen MR) is 117 cm³/mol. The highest BCUT2D eigenvalue weighted by Gasteiger charge is 2.21. The van der Waals surface area contributed by atoms with Crippen LogP contribution in [0.1, 0.15) is 21.6 Å². The Morgan fingerprint density at radius 2 is 1.84 bits per heavy atom. The number of anilines is 1. The second-order valence-electron chi connectivity index (χ2n) is 7.18. The molecule has 0 bridgehead atoms. The number of nitrogens with one attached hydrogen (secondary N) is 1. The molecule has 1 amide bonds. The summed E-state index contributed by atoms with van der Waals surface area (Å²) in [5.74, 6) is -1.41. The molecule has 3 rings (SSSR count). The number of amides is 1. The molecule has 0 fully saturated rings. The first-order chi connectivity index (χ1) is 15.2. The minimum Gasteiger partial charge on any atom is -0.451 e. The lowest BCUT2D eigenvalue weighted by molar-refractivity contribution is -0.119. The standard InChI is InChI=1S/C21H23N5O5S/c1-15-9-10-17(11-19(15)32(29,30)25(2)3)22-20(27)14-31-21(28)18-13-26(24-23-18)12-16-7-5-4-6-8-16/h4-11,13H,12,14H2,1-3H3,(H,22,27). The van der Waals surface area contributed by atoms with Crippen LogP contribution in [0.5, 0.6) is 0 Å². The van der Waals surface area contributed by atoms with Crippen LogP contribution in [-0.2, 0) is 26.1 Å². The molecule has 11 heteroatoms. The Morgan fingerprint density at radius 3 is 2.53 bits per heavy atom. The van der Waals surface area contributed by atoms with Gasteiger partial charge in [-0.2, -0.15) is 0 Å². The van der Waals surface area contributed by atoms with Crippen LogP contribution in [0.4, 0.5) is 5.69 Å². The normalized spacial score (nSPS) is 11.4. The topological polar surface area (TPSA) is 123 Å². The molecule has 3 aromatic rings. The third-order valence-electron chi connectivity index (χ3n) is 4.50. The Hall–Kier alpha value is -3.57. The molecule has 168 valence electrons. The van der Waals surface area contributed by atoms with E-state index in [1.165, 1.54) is 31.0 Å². The summed E-state index contributed by atoms with van der Waals surface area (Å²) in [6, 6.07) is 14.0. The summed E-state index contributed by atoms with van der Waals surface area (Å²) < 4.78 is 32.4. The molecule has 2 aromatic carbocycles. The van der Waals surface area contributed by atoms with Gasteiger partial charge in [0.25, 0.3) is 5.91 Å². The lowest BCUT2D eigenvalue weighted by Gasteiger charge is -2.15. The summed E-state index contributed by atoms with van der Waals surface area (Å²) >= 11 is 0. The molecule has 1 heterocycles. The molecular formula is C21H23N5O5S. The van der Waals surface area contributed by atoms with Gasteiger partial charge in [-0.15, -0.1) is 5.10 Å². The van der Waals surface area contributed by atoms with Gasteiger partial charge in [-0.3, -0.25) is 4.79 Å². The molecule has 0 spiro atoms. The van der Waals surface area contributed by atoms with Crippen molar-refractivity contribution < 1.29 is 22.7 Å². The molecule has 1 N–H and O–H groups in total. The highest BCUT2D eigenvalue weighted by molar-refractivity contribution is 7.89. The summed E-state index contributed by atoms with van der Waals surface area (Å²) in [7, 11) is -0.817. The average Bonchev–Trinajstić information content (AvgIpc) is 3.22. The first-order valence-electron chi connectivity index (χ1n) is 9.61. The van der Waals surface area contributed by atoms with Crippen molar-refractivity contribution in [3.63, 3.8) is 0 Å². The van der Waals surface area contributed by atoms with Crippen LogP contribution >= 0.6 is 0 Å². The molecule has 0 saturated heterocycles. The number of hydrogen-bond acceptors (Lipinski definition) is 7. The number of hydrogen-bond donors (Lipinski definition) is 1. The van der Waals surface area contributed by atoms with Gasteiger partial charge in [0.1, 0.15) is 0 Å². The lowest BCUT2D eigenvalue weighted by Crippen LogP contribution is -2.24. The second kappa shape index (κ2) is 9.71. The van der Waals surface area contributed by atoms with Crippen molar-refractivity contribution in [2.24, 2.45) is 0 Å². The summed E-state index contributed by atoms with van der Waals surface area (Å²) in [4.78, 5) is 24.4. The molecular weight excluding hydrogens is 434 g/mol. The highest BCUT2D eigenvalue weighted by atomic mass is 32.2. The van der Waals surface area contributed by atoms with Crippen LogP contribution in [0.2, 0.25) is 0 Å². The van der Waals surface area contributed by atoms with E-state index in [0.717, 1.165) is 9.87 Å². The van der Waals surface area contributed by atoms with Crippen molar-refractivity contribution in [1.82, 2.24) is 19.3 Å². The van der Waals surface area contributed by atoms with E-state index in [4.69, 9.17) is 4.74 Å². The Kier molecular flexibility index (Phi) is 7.01. The van der Waals surface area contributed by atoms with Gasteiger partial charge in [-0.1, -0.05) is 41.6 Å². The van der Waals surface area contributed by atoms with Crippen molar-refractivity contribution in [1.29, 1.82) is 0 Å². The van der Waals surface area contributed by atoms with Gasteiger partial charge >= 0.3 is 5.97 Å². The summed E-state index contributed by atoms with van der Waals surface area (Å²) in [5, 5.41) is 10.2. The van der Waals surface area contributed by atoms with Gasteiger partial charge in [-0.05, 0) is 30.2 Å². The number of aromatic nitrogens is 3. The fourth-order valence-corrected chi connectivity index (χ4v) is 3.94. The number of esters is 1. The first-order valence-corrected chi connectivity index (χ1v) is 11.0. The monoisotopic (exact) mass is 457 g/mol. The van der Waals surface area contributed by atoms with Crippen LogP contribution in [-0.4, -0.2) is 60.3 Å². The van der Waals surface area contributed by atoms with E-state index in [2.05, 4.69) is 15.6 Å². The molecule has 0 aliphatic carbocycles. The van der Waals surface area contributed by atoms with Gasteiger partial charge in [-0.25, -0.2) is 22.2 Å². The van der Waals surface area contributed by atoms with E-state index in [9.17, 15) is 18.0 Å². The maximum Gasteiger partial charge on any atom is 0.361 e. The molecule has 0 atom stereocenters. The fraction of sp³-hybridized carbons (Fsp3) is 0.238. The van der Waals surface area contributed by atoms with Crippen LogP contribution in [0.3, 0.4) is 0 Å². The summed E-state index contributed by atoms with van der Waals surface area (Å²) in [5.41, 5.74) is 1.78. The molecule has 0 radical (unpaired) electrons. The van der Waals surface area contributed by atoms with Gasteiger partial charge in [0, 0.05) is 19.8 Å². The number of sulfonamides is 1. The van der Waals surface area contributed by atoms with E-state index in [0.29, 0.717) is 12.1 Å². The Morgan fingerprint density at radius 1 is 1.12 bits per heavy atom. The van der Waals surface area contributed by atoms with E-state index >= 15 is 0 Å². The lowest BCUT2D eigenvalue weighted by atomic mass is 10.2. The second-order valence-corrected chi connectivity index (χ2v) is 9.30. The third-order valence-corrected chi connectivity index (χ3v) is 6.46. The number of ether oxygens (including phenoxy) is 1. The van der Waals surface area contributed by atoms with Gasteiger partial charge in [0.2, 0.25) is 10.0 Å². The average molecular weight is 458 g/mol. The van der Waals surface area contributed by atoms with Crippen molar-refractivity contribution in [2.45, 2.75) is 18.4 Å². The maximum atomic E-state index is 12.4. The maximum absolute atomic E-state index is 12.4. The zero-order chi connectivity index (χ0) is 23.3. The number of benzene rings is 2. The number of carbonyl (C=O) groups excluding carboxylic acids is 2. The van der Waals surface area contributed by atoms with Crippen molar-refractivity contribution >= 4 is 27.6 Å². The molecule has 32 heavy (non-hydrogen) atoms. The third kappa shape index (κ3) is 5.56. The van der Waals surface area contributed by atoms with E-state index in [1.54, 1.807) is 19.1 Å². The Bertz CT molecular complexity index is 1220. The molecule has 0 saturated carbocycles. The molecule has 10 nitrogen and oxygen atoms in total. The number of aryl methyl sites for hydroxylation is 1. The number of rotatable bonds is 8. The quantitative estimate of drug-likeness (QED) is 0.511. The number of carbonyl (C=O) groups is 2. The van der Waals surface area contributed by atoms with Crippen molar-refractivity contribution in [2.75, 3.05) is 26.0 Å². The van der Waals surface area contributed by atoms with Crippen molar-refractivity contribution in [3.05, 3.63) is 71.5 Å². The fourth-order valence-electron chi connectivity index (χ4n) is 2.79. The van der Waals surface area contributed by atoms with E-state index < -0.39 is 28.5 Å². The largest absolute Gasteiger partial charge is 0.451 e. The van der Waals surface area contributed by atoms with E-state index in [-0.39, 0.29) is 16.3 Å². The Balaban J connectivity index is 1.58. The predicted octanol–water partition coefficient (Wildman–Crippen LogP) is 1.68. The van der Waals surface area contributed by atoms with Crippen molar-refractivity contribution in [3.8, 4) is 0 Å².